The number of nitrogens with one attached hydrogen (secondary N) is 2. The molecule has 2 aliphatic rings. The van der Waals surface area contributed by atoms with Gasteiger partial charge in [-0.15, -0.1) is 0 Å². The van der Waals surface area contributed by atoms with Crippen LogP contribution < -0.4 is 9.62 Å². The van der Waals surface area contributed by atoms with Gasteiger partial charge in [0.25, 0.3) is 0 Å². The molecule has 1 saturated heterocycles. The topological polar surface area (TPSA) is 50.6 Å². The van der Waals surface area contributed by atoms with Crippen LogP contribution in [-0.2, 0) is 29.4 Å². The van der Waals surface area contributed by atoms with Gasteiger partial charge in [0.05, 0.1) is 18.0 Å². The number of hydrogen-bond acceptors (Lipinski definition) is 2. The van der Waals surface area contributed by atoms with Crippen molar-refractivity contribution in [2.24, 2.45) is 0 Å². The fourth-order valence-corrected chi connectivity index (χ4v) is 5.72. The third kappa shape index (κ3) is 4.60. The minimum absolute atomic E-state index is 0.0468. The molecule has 0 bridgehead atoms. The first-order valence-electron chi connectivity index (χ1n) is 10.1. The summed E-state index contributed by atoms with van der Waals surface area (Å²) in [5.74, 6) is 0. The number of likely N-dealkylation sites (tertiary alicyclic amines) is 1. The predicted octanol–water partition coefficient (Wildman–Crippen LogP) is 2.09. The SMILES string of the molecule is O=S(=O)(NC1CC[NH+](Cc2ccccc2)CC1)c1ccc2c(c1)CCCC2. The Labute approximate surface area is 162 Å². The normalized spacial score (nSPS) is 23.0. The molecule has 0 saturated carbocycles. The molecular weight excluding hydrogens is 356 g/mol. The molecule has 4 rings (SSSR count). The summed E-state index contributed by atoms with van der Waals surface area (Å²) in [7, 11) is -3.43. The summed E-state index contributed by atoms with van der Waals surface area (Å²) in [5, 5.41) is 0. The largest absolute Gasteiger partial charge is 0.331 e. The number of benzene rings is 2. The zero-order valence-electron chi connectivity index (χ0n) is 15.8. The Kier molecular flexibility index (Phi) is 5.62. The van der Waals surface area contributed by atoms with Crippen molar-refractivity contribution < 1.29 is 13.3 Å². The van der Waals surface area contributed by atoms with Crippen LogP contribution in [0.3, 0.4) is 0 Å². The second-order valence-corrected chi connectivity index (χ2v) is 9.66. The molecule has 0 unspecified atom stereocenters. The Balaban J connectivity index is 1.35. The highest BCUT2D eigenvalue weighted by molar-refractivity contribution is 7.89. The molecule has 0 atom stereocenters. The van der Waals surface area contributed by atoms with Gasteiger partial charge in [0.2, 0.25) is 10.0 Å². The second kappa shape index (κ2) is 8.13. The van der Waals surface area contributed by atoms with Crippen molar-refractivity contribution >= 4 is 10.0 Å². The maximum Gasteiger partial charge on any atom is 0.240 e. The van der Waals surface area contributed by atoms with E-state index in [4.69, 9.17) is 0 Å². The molecule has 1 fully saturated rings. The monoisotopic (exact) mass is 385 g/mol. The third-order valence-corrected chi connectivity index (χ3v) is 7.46. The van der Waals surface area contributed by atoms with Gasteiger partial charge in [0, 0.05) is 24.4 Å². The van der Waals surface area contributed by atoms with Gasteiger partial charge < -0.3 is 4.90 Å². The van der Waals surface area contributed by atoms with E-state index in [1.807, 2.05) is 18.2 Å². The van der Waals surface area contributed by atoms with E-state index < -0.39 is 10.0 Å². The van der Waals surface area contributed by atoms with Crippen molar-refractivity contribution in [1.29, 1.82) is 0 Å². The standard InChI is InChI=1S/C22H28N2O2S/c25-27(26,22-11-10-19-8-4-5-9-20(19)16-22)23-21-12-14-24(15-13-21)17-18-6-2-1-3-7-18/h1-3,6-7,10-11,16,21,23H,4-5,8-9,12-15,17H2/p+1. The van der Waals surface area contributed by atoms with Crippen molar-refractivity contribution in [3.63, 3.8) is 0 Å². The maximum absolute atomic E-state index is 12.8. The van der Waals surface area contributed by atoms with Crippen LogP contribution in [-0.4, -0.2) is 27.5 Å². The smallest absolute Gasteiger partial charge is 0.240 e. The first kappa shape index (κ1) is 18.7. The van der Waals surface area contributed by atoms with Crippen LogP contribution in [0.5, 0.6) is 0 Å². The van der Waals surface area contributed by atoms with E-state index in [1.54, 1.807) is 6.07 Å². The minimum Gasteiger partial charge on any atom is -0.331 e. The van der Waals surface area contributed by atoms with Gasteiger partial charge >= 0.3 is 0 Å². The van der Waals surface area contributed by atoms with E-state index >= 15 is 0 Å². The molecule has 144 valence electrons. The average molecular weight is 386 g/mol. The van der Waals surface area contributed by atoms with Gasteiger partial charge in [-0.1, -0.05) is 36.4 Å². The second-order valence-electron chi connectivity index (χ2n) is 7.95. The molecule has 27 heavy (non-hydrogen) atoms. The highest BCUT2D eigenvalue weighted by Crippen LogP contribution is 2.24. The van der Waals surface area contributed by atoms with Crippen molar-refractivity contribution in [3.05, 3.63) is 65.2 Å². The number of rotatable bonds is 5. The molecule has 4 nitrogen and oxygen atoms in total. The fourth-order valence-electron chi connectivity index (χ4n) is 4.37. The van der Waals surface area contributed by atoms with Crippen molar-refractivity contribution in [1.82, 2.24) is 4.72 Å². The van der Waals surface area contributed by atoms with Gasteiger partial charge in [-0.3, -0.25) is 0 Å². The summed E-state index contributed by atoms with van der Waals surface area (Å²) in [5.41, 5.74) is 3.88. The van der Waals surface area contributed by atoms with Gasteiger partial charge in [-0.25, -0.2) is 13.1 Å². The number of piperidine rings is 1. The van der Waals surface area contributed by atoms with Crippen LogP contribution in [0.2, 0.25) is 0 Å². The lowest BCUT2D eigenvalue weighted by Crippen LogP contribution is -3.12. The lowest BCUT2D eigenvalue weighted by atomic mass is 9.92. The molecule has 0 radical (unpaired) electrons. The Morgan fingerprint density at radius 1 is 0.926 bits per heavy atom. The zero-order chi connectivity index (χ0) is 18.7. The highest BCUT2D eigenvalue weighted by atomic mass is 32.2. The Morgan fingerprint density at radius 2 is 1.63 bits per heavy atom. The molecule has 2 N–H and O–H groups in total. The summed E-state index contributed by atoms with van der Waals surface area (Å²) < 4.78 is 28.6. The number of quaternary nitrogens is 1. The molecule has 2 aromatic carbocycles. The highest BCUT2D eigenvalue weighted by Gasteiger charge is 2.27. The summed E-state index contributed by atoms with van der Waals surface area (Å²) in [4.78, 5) is 1.97. The lowest BCUT2D eigenvalue weighted by molar-refractivity contribution is -0.918. The quantitative estimate of drug-likeness (QED) is 0.828. The fraction of sp³-hybridized carbons (Fsp3) is 0.455. The van der Waals surface area contributed by atoms with Gasteiger partial charge in [-0.2, -0.15) is 0 Å². The van der Waals surface area contributed by atoms with Crippen LogP contribution in [0, 0.1) is 0 Å². The van der Waals surface area contributed by atoms with E-state index in [2.05, 4.69) is 29.0 Å². The summed E-state index contributed by atoms with van der Waals surface area (Å²) in [6.07, 6.45) is 6.23. The average Bonchev–Trinajstić information content (AvgIpc) is 2.70. The molecule has 0 aromatic heterocycles. The minimum atomic E-state index is -3.43. The van der Waals surface area contributed by atoms with Crippen LogP contribution in [0.1, 0.15) is 42.4 Å². The molecule has 0 amide bonds. The van der Waals surface area contributed by atoms with Crippen LogP contribution in [0.25, 0.3) is 0 Å². The molecule has 0 spiro atoms. The van der Waals surface area contributed by atoms with Crippen LogP contribution >= 0.6 is 0 Å². The predicted molar refractivity (Wildman–Crippen MR) is 107 cm³/mol. The Morgan fingerprint density at radius 3 is 2.37 bits per heavy atom. The summed E-state index contributed by atoms with van der Waals surface area (Å²) in [6.45, 7) is 3.03. The van der Waals surface area contributed by atoms with Crippen molar-refractivity contribution in [2.45, 2.75) is 56.0 Å². The van der Waals surface area contributed by atoms with E-state index in [0.29, 0.717) is 4.90 Å². The number of sulfonamides is 1. The Hall–Kier alpha value is -1.69. The van der Waals surface area contributed by atoms with Crippen LogP contribution in [0.4, 0.5) is 0 Å². The van der Waals surface area contributed by atoms with E-state index in [-0.39, 0.29) is 6.04 Å². The molecular formula is C22H29N2O2S+. The van der Waals surface area contributed by atoms with Crippen molar-refractivity contribution in [2.75, 3.05) is 13.1 Å². The van der Waals surface area contributed by atoms with Gasteiger partial charge in [0.1, 0.15) is 6.54 Å². The zero-order valence-corrected chi connectivity index (χ0v) is 16.6. The number of hydrogen-bond donors (Lipinski definition) is 2. The van der Waals surface area contributed by atoms with E-state index in [0.717, 1.165) is 51.7 Å². The van der Waals surface area contributed by atoms with Gasteiger partial charge in [0.15, 0.2) is 0 Å². The summed E-state index contributed by atoms with van der Waals surface area (Å²) >= 11 is 0. The molecule has 1 aliphatic heterocycles. The number of fused-ring (bicyclic) bond motifs is 1. The maximum atomic E-state index is 12.8. The first-order chi connectivity index (χ1) is 13.1. The molecule has 2 aromatic rings. The lowest BCUT2D eigenvalue weighted by Gasteiger charge is -2.29. The van der Waals surface area contributed by atoms with E-state index in [9.17, 15) is 8.42 Å². The van der Waals surface area contributed by atoms with Crippen LogP contribution in [0.15, 0.2) is 53.4 Å². The molecule has 5 heteroatoms. The third-order valence-electron chi connectivity index (χ3n) is 5.94. The van der Waals surface area contributed by atoms with Crippen molar-refractivity contribution in [3.8, 4) is 0 Å². The molecule has 1 heterocycles. The summed E-state index contributed by atoms with van der Waals surface area (Å²) in [6, 6.07) is 16.3. The van der Waals surface area contributed by atoms with Gasteiger partial charge in [-0.05, 0) is 48.9 Å². The van der Waals surface area contributed by atoms with E-state index in [1.165, 1.54) is 28.0 Å². The number of aryl methyl sites for hydroxylation is 2. The first-order valence-corrected chi connectivity index (χ1v) is 11.6. The molecule has 1 aliphatic carbocycles. The Bertz CT molecular complexity index is 872.